The molecule has 28 heavy (non-hydrogen) atoms. The molecule has 0 radical (unpaired) electrons. The van der Waals surface area contributed by atoms with Crippen LogP contribution in [0.2, 0.25) is 0 Å². The number of halogens is 2. The fourth-order valence-electron chi connectivity index (χ4n) is 5.04. The number of carbonyl (C=O) groups is 1. The number of rotatable bonds is 4. The number of fused-ring (bicyclic) bond motifs is 2. The first-order valence-corrected chi connectivity index (χ1v) is 11.3. The lowest BCUT2D eigenvalue weighted by Gasteiger charge is -2.45. The SMILES string of the molecule is Cl.Cl.NC1CC2CCCC(C1)C2NC(=O)c1ccc(CN2CCSCC2)cc1. The minimum atomic E-state index is 0. The Bertz CT molecular complexity index is 611. The Morgan fingerprint density at radius 3 is 2.29 bits per heavy atom. The molecule has 0 aromatic heterocycles. The summed E-state index contributed by atoms with van der Waals surface area (Å²) in [5, 5.41) is 3.35. The number of nitrogens with one attached hydrogen (secondary N) is 1. The molecule has 4 rings (SSSR count). The van der Waals surface area contributed by atoms with E-state index in [1.54, 1.807) is 0 Å². The molecule has 7 heteroatoms. The van der Waals surface area contributed by atoms with Gasteiger partial charge in [-0.15, -0.1) is 24.8 Å². The van der Waals surface area contributed by atoms with Gasteiger partial charge in [0.25, 0.3) is 5.91 Å². The van der Waals surface area contributed by atoms with Crippen LogP contribution in [0.3, 0.4) is 0 Å². The van der Waals surface area contributed by atoms with Crippen LogP contribution in [0.5, 0.6) is 0 Å². The highest BCUT2D eigenvalue weighted by molar-refractivity contribution is 7.99. The normalized spacial score (nSPS) is 29.9. The summed E-state index contributed by atoms with van der Waals surface area (Å²) in [7, 11) is 0. The molecule has 2 saturated carbocycles. The van der Waals surface area contributed by atoms with Gasteiger partial charge in [-0.05, 0) is 55.2 Å². The van der Waals surface area contributed by atoms with Crippen LogP contribution in [0.15, 0.2) is 24.3 Å². The highest BCUT2D eigenvalue weighted by Gasteiger charge is 2.39. The number of thioether (sulfide) groups is 1. The molecular weight excluding hydrogens is 413 g/mol. The van der Waals surface area contributed by atoms with E-state index in [-0.39, 0.29) is 30.7 Å². The highest BCUT2D eigenvalue weighted by Crippen LogP contribution is 2.39. The van der Waals surface area contributed by atoms with Gasteiger partial charge in [0.05, 0.1) is 0 Å². The van der Waals surface area contributed by atoms with Crippen molar-refractivity contribution in [2.24, 2.45) is 17.6 Å². The van der Waals surface area contributed by atoms with E-state index in [0.29, 0.717) is 23.9 Å². The Morgan fingerprint density at radius 2 is 1.68 bits per heavy atom. The summed E-state index contributed by atoms with van der Waals surface area (Å²) >= 11 is 2.04. The van der Waals surface area contributed by atoms with E-state index in [1.807, 2.05) is 23.9 Å². The number of benzene rings is 1. The molecule has 4 nitrogen and oxygen atoms in total. The van der Waals surface area contributed by atoms with Gasteiger partial charge < -0.3 is 11.1 Å². The maximum Gasteiger partial charge on any atom is 0.251 e. The topological polar surface area (TPSA) is 58.4 Å². The van der Waals surface area contributed by atoms with Crippen molar-refractivity contribution < 1.29 is 4.79 Å². The standard InChI is InChI=1S/C21H31N3OS.2ClH/c22-19-12-17-2-1-3-18(13-19)20(17)23-21(25)16-6-4-15(5-7-16)14-24-8-10-26-11-9-24;;/h4-7,17-20H,1-3,8-14,22H2,(H,23,25);2*1H. The summed E-state index contributed by atoms with van der Waals surface area (Å²) in [5.41, 5.74) is 8.29. The fraction of sp³-hybridized carbons (Fsp3) is 0.667. The van der Waals surface area contributed by atoms with Gasteiger partial charge in [-0.25, -0.2) is 0 Å². The lowest BCUT2D eigenvalue weighted by Crippen LogP contribution is -2.53. The molecule has 3 N–H and O–H groups in total. The minimum absolute atomic E-state index is 0. The Labute approximate surface area is 185 Å². The Morgan fingerprint density at radius 1 is 1.07 bits per heavy atom. The Kier molecular flexibility index (Phi) is 9.42. The number of nitrogens with zero attached hydrogens (tertiary/aromatic N) is 1. The molecule has 1 saturated heterocycles. The Balaban J connectivity index is 0.00000140. The van der Waals surface area contributed by atoms with E-state index in [4.69, 9.17) is 5.73 Å². The number of hydrogen-bond donors (Lipinski definition) is 2. The molecule has 0 spiro atoms. The molecule has 2 unspecified atom stereocenters. The fourth-order valence-corrected chi connectivity index (χ4v) is 6.02. The first-order valence-electron chi connectivity index (χ1n) is 10.1. The summed E-state index contributed by atoms with van der Waals surface area (Å²) in [6, 6.07) is 8.87. The lowest BCUT2D eigenvalue weighted by molar-refractivity contribution is 0.0756. The predicted octanol–water partition coefficient (Wildman–Crippen LogP) is 3.71. The second-order valence-corrected chi connectivity index (χ2v) is 9.49. The van der Waals surface area contributed by atoms with Gasteiger partial charge in [0, 0.05) is 48.8 Å². The summed E-state index contributed by atoms with van der Waals surface area (Å²) in [5.74, 6) is 3.68. The molecular formula is C21H33Cl2N3OS. The van der Waals surface area contributed by atoms with Crippen LogP contribution < -0.4 is 11.1 Å². The van der Waals surface area contributed by atoms with Crippen molar-refractivity contribution in [3.8, 4) is 0 Å². The quantitative estimate of drug-likeness (QED) is 0.741. The molecule has 3 aliphatic rings. The van der Waals surface area contributed by atoms with Gasteiger partial charge in [-0.1, -0.05) is 18.6 Å². The molecule has 1 aliphatic heterocycles. The zero-order chi connectivity index (χ0) is 17.9. The molecule has 158 valence electrons. The zero-order valence-electron chi connectivity index (χ0n) is 16.3. The molecule has 2 atom stereocenters. The van der Waals surface area contributed by atoms with Crippen LogP contribution in [0.25, 0.3) is 0 Å². The third-order valence-corrected chi connectivity index (χ3v) is 7.34. The monoisotopic (exact) mass is 445 g/mol. The second-order valence-electron chi connectivity index (χ2n) is 8.27. The first-order chi connectivity index (χ1) is 12.7. The van der Waals surface area contributed by atoms with Crippen LogP contribution in [-0.4, -0.2) is 47.5 Å². The molecule has 2 aliphatic carbocycles. The molecule has 3 fully saturated rings. The van der Waals surface area contributed by atoms with Gasteiger partial charge in [0.2, 0.25) is 0 Å². The van der Waals surface area contributed by atoms with Crippen molar-refractivity contribution in [2.75, 3.05) is 24.6 Å². The first kappa shape index (κ1) is 23.8. The van der Waals surface area contributed by atoms with Crippen molar-refractivity contribution in [1.29, 1.82) is 0 Å². The maximum absolute atomic E-state index is 12.8. The Hall–Kier alpha value is -0.460. The third-order valence-electron chi connectivity index (χ3n) is 6.40. The van der Waals surface area contributed by atoms with E-state index in [1.165, 1.54) is 49.4 Å². The summed E-state index contributed by atoms with van der Waals surface area (Å²) in [6.45, 7) is 3.33. The third kappa shape index (κ3) is 5.79. The maximum atomic E-state index is 12.8. The number of hydrogen-bond acceptors (Lipinski definition) is 4. The van der Waals surface area contributed by atoms with Gasteiger partial charge >= 0.3 is 0 Å². The number of nitrogens with two attached hydrogens (primary N) is 1. The molecule has 1 aromatic rings. The van der Waals surface area contributed by atoms with Gasteiger partial charge in [-0.2, -0.15) is 11.8 Å². The molecule has 1 amide bonds. The summed E-state index contributed by atoms with van der Waals surface area (Å²) in [6.07, 6.45) is 5.84. The van der Waals surface area contributed by atoms with Crippen LogP contribution in [0.1, 0.15) is 48.0 Å². The smallest absolute Gasteiger partial charge is 0.251 e. The number of amides is 1. The average Bonchev–Trinajstić information content (AvgIpc) is 2.64. The van der Waals surface area contributed by atoms with Crippen molar-refractivity contribution in [3.63, 3.8) is 0 Å². The zero-order valence-corrected chi connectivity index (χ0v) is 18.8. The van der Waals surface area contributed by atoms with Crippen molar-refractivity contribution >= 4 is 42.5 Å². The molecule has 2 bridgehead atoms. The largest absolute Gasteiger partial charge is 0.349 e. The van der Waals surface area contributed by atoms with Crippen LogP contribution >= 0.6 is 36.6 Å². The van der Waals surface area contributed by atoms with Gasteiger partial charge in [0.1, 0.15) is 0 Å². The summed E-state index contributed by atoms with van der Waals surface area (Å²) in [4.78, 5) is 15.3. The van der Waals surface area contributed by atoms with Crippen LogP contribution in [0.4, 0.5) is 0 Å². The van der Waals surface area contributed by atoms with E-state index < -0.39 is 0 Å². The van der Waals surface area contributed by atoms with E-state index in [0.717, 1.165) is 24.9 Å². The second kappa shape index (κ2) is 11.1. The van der Waals surface area contributed by atoms with E-state index in [9.17, 15) is 4.79 Å². The van der Waals surface area contributed by atoms with Crippen LogP contribution in [-0.2, 0) is 6.54 Å². The predicted molar refractivity (Wildman–Crippen MR) is 123 cm³/mol. The lowest BCUT2D eigenvalue weighted by atomic mass is 9.67. The van der Waals surface area contributed by atoms with Crippen molar-refractivity contribution in [3.05, 3.63) is 35.4 Å². The van der Waals surface area contributed by atoms with E-state index >= 15 is 0 Å². The minimum Gasteiger partial charge on any atom is -0.349 e. The highest BCUT2D eigenvalue weighted by atomic mass is 35.5. The van der Waals surface area contributed by atoms with Crippen LogP contribution in [0, 0.1) is 11.8 Å². The molecule has 1 heterocycles. The van der Waals surface area contributed by atoms with Crippen molar-refractivity contribution in [1.82, 2.24) is 10.2 Å². The van der Waals surface area contributed by atoms with Crippen molar-refractivity contribution in [2.45, 2.75) is 50.7 Å². The average molecular weight is 446 g/mol. The number of carbonyl (C=O) groups excluding carboxylic acids is 1. The van der Waals surface area contributed by atoms with Gasteiger partial charge in [-0.3, -0.25) is 9.69 Å². The van der Waals surface area contributed by atoms with Gasteiger partial charge in [0.15, 0.2) is 0 Å². The molecule has 1 aromatic carbocycles. The summed E-state index contributed by atoms with van der Waals surface area (Å²) < 4.78 is 0. The van der Waals surface area contributed by atoms with E-state index in [2.05, 4.69) is 22.3 Å².